The molecule has 41 heavy (non-hydrogen) atoms. The van der Waals surface area contributed by atoms with E-state index in [0.717, 1.165) is 18.7 Å². The van der Waals surface area contributed by atoms with Crippen LogP contribution in [0.3, 0.4) is 0 Å². The van der Waals surface area contributed by atoms with E-state index in [2.05, 4.69) is 4.90 Å². The van der Waals surface area contributed by atoms with Crippen LogP contribution in [0, 0.1) is 11.8 Å². The molecule has 10 nitrogen and oxygen atoms in total. The number of likely N-dealkylation sites (tertiary alicyclic amines) is 1. The number of amides is 2. The second-order valence-electron chi connectivity index (χ2n) is 11.6. The van der Waals surface area contributed by atoms with E-state index in [1.54, 1.807) is 11.0 Å². The van der Waals surface area contributed by atoms with Crippen molar-refractivity contribution >= 4 is 17.8 Å². The molecule has 10 heteroatoms. The maximum Gasteiger partial charge on any atom is 0.313 e. The highest BCUT2D eigenvalue weighted by Gasteiger charge is 2.76. The van der Waals surface area contributed by atoms with Gasteiger partial charge in [0.2, 0.25) is 11.8 Å². The van der Waals surface area contributed by atoms with Crippen molar-refractivity contribution < 1.29 is 33.7 Å². The number of carbonyl (C=O) groups excluding carboxylic acids is 3. The normalized spacial score (nSPS) is 34.1. The van der Waals surface area contributed by atoms with Gasteiger partial charge in [0, 0.05) is 32.7 Å². The van der Waals surface area contributed by atoms with Crippen LogP contribution < -0.4 is 0 Å². The van der Waals surface area contributed by atoms with Crippen LogP contribution >= 0.6 is 0 Å². The Bertz CT molecular complexity index is 1220. The number of benzene rings is 1. The number of carbonyl (C=O) groups is 3. The number of hydrogen-bond donors (Lipinski definition) is 1. The molecule has 5 heterocycles. The number of esters is 1. The minimum absolute atomic E-state index is 0.110. The third kappa shape index (κ3) is 4.70. The van der Waals surface area contributed by atoms with Gasteiger partial charge in [0.05, 0.1) is 31.8 Å². The van der Waals surface area contributed by atoms with Gasteiger partial charge in [-0.1, -0.05) is 55.5 Å². The number of rotatable bonds is 8. The molecule has 1 N–H and O–H groups in total. The predicted molar refractivity (Wildman–Crippen MR) is 149 cm³/mol. The lowest BCUT2D eigenvalue weighted by Crippen LogP contribution is -2.59. The van der Waals surface area contributed by atoms with Gasteiger partial charge in [0.1, 0.15) is 29.8 Å². The summed E-state index contributed by atoms with van der Waals surface area (Å²) < 4.78 is 17.9. The van der Waals surface area contributed by atoms with E-state index >= 15 is 0 Å². The van der Waals surface area contributed by atoms with Crippen LogP contribution in [0.2, 0.25) is 0 Å². The fourth-order valence-corrected chi connectivity index (χ4v) is 7.40. The number of ether oxygens (including phenoxy) is 3. The Balaban J connectivity index is 1.40. The van der Waals surface area contributed by atoms with E-state index in [9.17, 15) is 19.5 Å². The number of nitrogens with zero attached hydrogens (tertiary/aromatic N) is 3. The highest BCUT2D eigenvalue weighted by atomic mass is 16.6. The van der Waals surface area contributed by atoms with Crippen LogP contribution in [0.4, 0.5) is 0 Å². The zero-order valence-electron chi connectivity index (χ0n) is 23.5. The number of hydrogen-bond acceptors (Lipinski definition) is 8. The molecule has 0 aromatic heterocycles. The van der Waals surface area contributed by atoms with E-state index in [1.807, 2.05) is 55.5 Å². The van der Waals surface area contributed by atoms with Crippen molar-refractivity contribution in [3.05, 3.63) is 60.2 Å². The molecule has 1 aromatic carbocycles. The molecule has 0 radical (unpaired) electrons. The molecule has 2 amide bonds. The van der Waals surface area contributed by atoms with E-state index in [1.165, 1.54) is 4.90 Å². The molecular formula is C31H39N3O7. The van der Waals surface area contributed by atoms with Crippen molar-refractivity contribution in [3.8, 4) is 0 Å². The molecule has 1 spiro atoms. The van der Waals surface area contributed by atoms with Crippen LogP contribution in [-0.4, -0.2) is 120 Å². The monoisotopic (exact) mass is 565 g/mol. The van der Waals surface area contributed by atoms with Gasteiger partial charge in [-0.3, -0.25) is 19.3 Å². The number of morpholine rings is 1. The average molecular weight is 566 g/mol. The molecule has 220 valence electrons. The van der Waals surface area contributed by atoms with Gasteiger partial charge in [-0.15, -0.1) is 0 Å². The van der Waals surface area contributed by atoms with Gasteiger partial charge in [0.15, 0.2) is 0 Å². The van der Waals surface area contributed by atoms with Crippen molar-refractivity contribution in [3.63, 3.8) is 0 Å². The largest absolute Gasteiger partial charge is 0.461 e. The summed E-state index contributed by atoms with van der Waals surface area (Å²) in [6.45, 7) is 6.18. The molecule has 5 aliphatic rings. The topological polar surface area (TPSA) is 109 Å². The summed E-state index contributed by atoms with van der Waals surface area (Å²) >= 11 is 0. The second kappa shape index (κ2) is 11.3. The first-order valence-corrected chi connectivity index (χ1v) is 14.7. The molecule has 0 aliphatic carbocycles. The summed E-state index contributed by atoms with van der Waals surface area (Å²) in [5, 5.41) is 10.6. The minimum atomic E-state index is -1.37. The molecular weight excluding hydrogens is 526 g/mol. The third-order valence-electron chi connectivity index (χ3n) is 9.42. The van der Waals surface area contributed by atoms with Gasteiger partial charge >= 0.3 is 5.97 Å². The first-order chi connectivity index (χ1) is 19.9. The standard InChI is InChI=1S/C31H39N3O7/c1-2-30-10-7-17-40-29(38)25(30)24-27(36)34(23(21-35)20-22-8-4-3-5-9-22)26-28(37)33(12-6-11-31(24,26)41-30)14-13-32-15-18-39-19-16-32/h3-11,23-26,35H,2,12-21H2,1H3/t23-,24+,25+,26?,30-,31+/m1/s1. The van der Waals surface area contributed by atoms with Crippen molar-refractivity contribution in [2.75, 3.05) is 59.2 Å². The molecule has 3 saturated heterocycles. The Kier molecular flexibility index (Phi) is 7.76. The van der Waals surface area contributed by atoms with Crippen molar-refractivity contribution in [1.29, 1.82) is 0 Å². The molecule has 3 fully saturated rings. The van der Waals surface area contributed by atoms with Crippen LogP contribution in [0.25, 0.3) is 0 Å². The highest BCUT2D eigenvalue weighted by molar-refractivity contribution is 5.99. The molecule has 0 bridgehead atoms. The fourth-order valence-electron chi connectivity index (χ4n) is 7.40. The quantitative estimate of drug-likeness (QED) is 0.364. The maximum absolute atomic E-state index is 14.6. The Morgan fingerprint density at radius 1 is 1.00 bits per heavy atom. The number of cyclic esters (lactones) is 1. The van der Waals surface area contributed by atoms with Crippen LogP contribution in [0.5, 0.6) is 0 Å². The summed E-state index contributed by atoms with van der Waals surface area (Å²) in [7, 11) is 0. The Labute approximate surface area is 240 Å². The Morgan fingerprint density at radius 3 is 2.51 bits per heavy atom. The number of fused-ring (bicyclic) bond motifs is 2. The van der Waals surface area contributed by atoms with Crippen molar-refractivity contribution in [2.45, 2.75) is 43.1 Å². The molecule has 6 rings (SSSR count). The van der Waals surface area contributed by atoms with Crippen LogP contribution in [-0.2, 0) is 35.0 Å². The zero-order valence-corrected chi connectivity index (χ0v) is 23.5. The zero-order chi connectivity index (χ0) is 28.6. The Morgan fingerprint density at radius 2 is 1.78 bits per heavy atom. The lowest BCUT2D eigenvalue weighted by Gasteiger charge is -2.41. The van der Waals surface area contributed by atoms with E-state index < -0.39 is 41.1 Å². The second-order valence-corrected chi connectivity index (χ2v) is 11.6. The van der Waals surface area contributed by atoms with Gasteiger partial charge in [-0.2, -0.15) is 0 Å². The van der Waals surface area contributed by atoms with Crippen molar-refractivity contribution in [1.82, 2.24) is 14.7 Å². The average Bonchev–Trinajstić information content (AvgIpc) is 3.28. The summed E-state index contributed by atoms with van der Waals surface area (Å²) in [5.74, 6) is -2.94. The van der Waals surface area contributed by atoms with E-state index in [-0.39, 0.29) is 25.0 Å². The molecule has 1 unspecified atom stereocenters. The molecule has 6 atom stereocenters. The number of aliphatic hydroxyl groups is 1. The highest BCUT2D eigenvalue weighted by Crippen LogP contribution is 2.58. The third-order valence-corrected chi connectivity index (χ3v) is 9.42. The van der Waals surface area contributed by atoms with Crippen molar-refractivity contribution in [2.24, 2.45) is 11.8 Å². The van der Waals surface area contributed by atoms with Gasteiger partial charge in [-0.05, 0) is 24.5 Å². The summed E-state index contributed by atoms with van der Waals surface area (Å²) in [6, 6.07) is 7.90. The van der Waals surface area contributed by atoms with Gasteiger partial charge < -0.3 is 29.1 Å². The molecule has 5 aliphatic heterocycles. The predicted octanol–water partition coefficient (Wildman–Crippen LogP) is 0.795. The maximum atomic E-state index is 14.6. The number of aliphatic hydroxyl groups excluding tert-OH is 1. The SMILES string of the molecule is CC[C@@]12C=CCOC(=O)[C@@H]1[C@H]1C(=O)N([C@@H](CO)Cc3ccccc3)C3C(=O)N(CCN4CCOCC4)CC=C[C@@]31O2. The van der Waals surface area contributed by atoms with Gasteiger partial charge in [-0.25, -0.2) is 0 Å². The first kappa shape index (κ1) is 28.1. The Hall–Kier alpha value is -3.05. The summed E-state index contributed by atoms with van der Waals surface area (Å²) in [4.78, 5) is 48.2. The molecule has 0 saturated carbocycles. The van der Waals surface area contributed by atoms with Crippen LogP contribution in [0.1, 0.15) is 18.9 Å². The fraction of sp³-hybridized carbons (Fsp3) is 0.581. The summed E-state index contributed by atoms with van der Waals surface area (Å²) in [6.07, 6.45) is 8.15. The summed E-state index contributed by atoms with van der Waals surface area (Å²) in [5.41, 5.74) is -1.50. The molecule has 1 aromatic rings. The van der Waals surface area contributed by atoms with E-state index in [4.69, 9.17) is 14.2 Å². The smallest absolute Gasteiger partial charge is 0.313 e. The first-order valence-electron chi connectivity index (χ1n) is 14.7. The minimum Gasteiger partial charge on any atom is -0.461 e. The lowest BCUT2D eigenvalue weighted by atomic mass is 9.73. The lowest BCUT2D eigenvalue weighted by molar-refractivity contribution is -0.161. The van der Waals surface area contributed by atoms with Crippen LogP contribution in [0.15, 0.2) is 54.6 Å². The van der Waals surface area contributed by atoms with Gasteiger partial charge in [0.25, 0.3) is 0 Å². The van der Waals surface area contributed by atoms with E-state index in [0.29, 0.717) is 45.7 Å².